The van der Waals surface area contributed by atoms with Crippen molar-refractivity contribution in [3.8, 4) is 0 Å². The van der Waals surface area contributed by atoms with Gasteiger partial charge in [0.05, 0.1) is 6.10 Å². The van der Waals surface area contributed by atoms with Crippen LogP contribution < -0.4 is 0 Å². The molecule has 0 radical (unpaired) electrons. The second kappa shape index (κ2) is 18.7. The fourth-order valence-corrected chi connectivity index (χ4v) is 2.52. The summed E-state index contributed by atoms with van der Waals surface area (Å²) < 4.78 is 0. The topological polar surface area (TPSA) is 57.5 Å². The van der Waals surface area contributed by atoms with Gasteiger partial charge in [0.1, 0.15) is 0 Å². The van der Waals surface area contributed by atoms with Crippen LogP contribution in [0.25, 0.3) is 0 Å². The molecule has 0 saturated heterocycles. The molecule has 0 aliphatic rings. The molecule has 0 heterocycles. The zero-order chi connectivity index (χ0) is 18.6. The van der Waals surface area contributed by atoms with Crippen LogP contribution in [0.1, 0.15) is 77.6 Å². The molecule has 25 heavy (non-hydrogen) atoms. The lowest BCUT2D eigenvalue weighted by molar-refractivity contribution is -0.131. The average Bonchev–Trinajstić information content (AvgIpc) is 2.58. The number of carbonyl (C=O) groups is 1. The van der Waals surface area contributed by atoms with Crippen molar-refractivity contribution in [2.75, 3.05) is 0 Å². The van der Waals surface area contributed by atoms with Crippen LogP contribution in [0.4, 0.5) is 0 Å². The minimum absolute atomic E-state index is 0.380. The number of hydrogen-bond donors (Lipinski definition) is 2. The lowest BCUT2D eigenvalue weighted by Crippen LogP contribution is -2.01. The summed E-state index contributed by atoms with van der Waals surface area (Å²) in [6.07, 6.45) is 26.7. The molecule has 0 bridgehead atoms. The predicted molar refractivity (Wildman–Crippen MR) is 107 cm³/mol. The van der Waals surface area contributed by atoms with Gasteiger partial charge in [0.15, 0.2) is 0 Å². The molecule has 1 unspecified atom stereocenters. The van der Waals surface area contributed by atoms with E-state index < -0.39 is 5.97 Å². The van der Waals surface area contributed by atoms with E-state index >= 15 is 0 Å². The van der Waals surface area contributed by atoms with E-state index in [1.165, 1.54) is 63.9 Å². The summed E-state index contributed by atoms with van der Waals surface area (Å²) in [5, 5.41) is 18.3. The number of unbranched alkanes of at least 4 members (excludes halogenated alkanes) is 9. The van der Waals surface area contributed by atoms with Gasteiger partial charge in [0, 0.05) is 6.08 Å². The summed E-state index contributed by atoms with van der Waals surface area (Å²) in [5.74, 6) is -0.955. The van der Waals surface area contributed by atoms with Crippen LogP contribution in [0.3, 0.4) is 0 Å². The zero-order valence-electron chi connectivity index (χ0n) is 15.8. The van der Waals surface area contributed by atoms with E-state index in [2.05, 4.69) is 6.92 Å². The maximum absolute atomic E-state index is 10.2. The maximum atomic E-state index is 10.2. The molecule has 142 valence electrons. The Morgan fingerprint density at radius 2 is 1.24 bits per heavy atom. The molecule has 0 saturated carbocycles. The maximum Gasteiger partial charge on any atom is 0.328 e. The van der Waals surface area contributed by atoms with Gasteiger partial charge in [-0.1, -0.05) is 114 Å². The van der Waals surface area contributed by atoms with E-state index in [4.69, 9.17) is 5.11 Å². The molecule has 0 aromatic rings. The monoisotopic (exact) mass is 348 g/mol. The van der Waals surface area contributed by atoms with Gasteiger partial charge in [0.2, 0.25) is 0 Å². The molecular formula is C22H36O3. The van der Waals surface area contributed by atoms with Crippen LogP contribution in [0.5, 0.6) is 0 Å². The Labute approximate surface area is 153 Å². The van der Waals surface area contributed by atoms with E-state index in [0.29, 0.717) is 0 Å². The van der Waals surface area contributed by atoms with Crippen molar-refractivity contribution in [2.24, 2.45) is 0 Å². The minimum Gasteiger partial charge on any atom is -0.478 e. The molecule has 0 aliphatic carbocycles. The summed E-state index contributed by atoms with van der Waals surface area (Å²) in [5.41, 5.74) is 0. The second-order valence-electron chi connectivity index (χ2n) is 6.39. The Hall–Kier alpha value is -1.61. The Balaban J connectivity index is 3.51. The van der Waals surface area contributed by atoms with Crippen LogP contribution in [-0.2, 0) is 4.79 Å². The van der Waals surface area contributed by atoms with E-state index in [-0.39, 0.29) is 6.10 Å². The lowest BCUT2D eigenvalue weighted by Gasteiger charge is -2.05. The quantitative estimate of drug-likeness (QED) is 0.205. The van der Waals surface area contributed by atoms with Gasteiger partial charge in [-0.3, -0.25) is 0 Å². The molecular weight excluding hydrogens is 312 g/mol. The number of aliphatic hydroxyl groups is 1. The van der Waals surface area contributed by atoms with Gasteiger partial charge < -0.3 is 10.2 Å². The highest BCUT2D eigenvalue weighted by Crippen LogP contribution is 2.12. The van der Waals surface area contributed by atoms with Gasteiger partial charge in [0.25, 0.3) is 0 Å². The highest BCUT2D eigenvalue weighted by atomic mass is 16.4. The number of carboxylic acids is 1. The Morgan fingerprint density at radius 3 is 1.80 bits per heavy atom. The molecule has 0 rings (SSSR count). The molecule has 0 spiro atoms. The third kappa shape index (κ3) is 20.3. The fraction of sp³-hybridized carbons (Fsp3) is 0.591. The summed E-state index contributed by atoms with van der Waals surface area (Å²) in [4.78, 5) is 10.2. The van der Waals surface area contributed by atoms with Gasteiger partial charge in [-0.2, -0.15) is 0 Å². The number of allylic oxidation sites excluding steroid dienone is 6. The molecule has 1 atom stereocenters. The highest BCUT2D eigenvalue weighted by molar-refractivity contribution is 5.80. The first kappa shape index (κ1) is 23.4. The molecule has 2 N–H and O–H groups in total. The SMILES string of the molecule is CCCCCCCCCCCCC(O)C=CC=CC=CC=CC(=O)O. The molecule has 0 fully saturated rings. The fourth-order valence-electron chi connectivity index (χ4n) is 2.52. The highest BCUT2D eigenvalue weighted by Gasteiger charge is 1.98. The number of aliphatic carboxylic acids is 1. The van der Waals surface area contributed by atoms with Crippen molar-refractivity contribution in [3.05, 3.63) is 48.6 Å². The second-order valence-corrected chi connectivity index (χ2v) is 6.39. The summed E-state index contributed by atoms with van der Waals surface area (Å²) in [7, 11) is 0. The normalized spacial score (nSPS) is 13.7. The van der Waals surface area contributed by atoms with E-state index in [1.54, 1.807) is 24.3 Å². The van der Waals surface area contributed by atoms with Crippen LogP contribution in [0.2, 0.25) is 0 Å². The molecule has 0 aromatic carbocycles. The van der Waals surface area contributed by atoms with Crippen molar-refractivity contribution >= 4 is 5.97 Å². The first-order chi connectivity index (χ1) is 12.2. The number of hydrogen-bond acceptors (Lipinski definition) is 2. The van der Waals surface area contributed by atoms with E-state index in [9.17, 15) is 9.90 Å². The van der Waals surface area contributed by atoms with E-state index in [0.717, 1.165) is 18.9 Å². The average molecular weight is 349 g/mol. The molecule has 0 aliphatic heterocycles. The Kier molecular flexibility index (Phi) is 17.5. The lowest BCUT2D eigenvalue weighted by atomic mass is 10.0. The Bertz CT molecular complexity index is 419. The van der Waals surface area contributed by atoms with Crippen molar-refractivity contribution in [2.45, 2.75) is 83.7 Å². The first-order valence-corrected chi connectivity index (χ1v) is 9.76. The van der Waals surface area contributed by atoms with Crippen molar-refractivity contribution in [3.63, 3.8) is 0 Å². The van der Waals surface area contributed by atoms with Crippen LogP contribution in [-0.4, -0.2) is 22.3 Å². The molecule has 0 aromatic heterocycles. The molecule has 3 heteroatoms. The van der Waals surface area contributed by atoms with Crippen LogP contribution in [0.15, 0.2) is 48.6 Å². The standard InChI is InChI=1S/C22H36O3/c1-2-3-4-5-6-7-8-9-12-15-18-21(23)19-16-13-10-11-14-17-20-22(24)25/h10-11,13-14,16-17,19-21,23H,2-9,12,15,18H2,1H3,(H,24,25). The third-order valence-corrected chi connectivity index (χ3v) is 3.98. The van der Waals surface area contributed by atoms with E-state index in [1.807, 2.05) is 12.2 Å². The Morgan fingerprint density at radius 1 is 0.760 bits per heavy atom. The van der Waals surface area contributed by atoms with Crippen molar-refractivity contribution < 1.29 is 15.0 Å². The molecule has 0 amide bonds. The van der Waals surface area contributed by atoms with Crippen LogP contribution >= 0.6 is 0 Å². The van der Waals surface area contributed by atoms with Gasteiger partial charge in [-0.25, -0.2) is 4.79 Å². The molecule has 3 nitrogen and oxygen atoms in total. The van der Waals surface area contributed by atoms with Gasteiger partial charge in [-0.05, 0) is 6.42 Å². The third-order valence-electron chi connectivity index (χ3n) is 3.98. The van der Waals surface area contributed by atoms with Crippen molar-refractivity contribution in [1.82, 2.24) is 0 Å². The predicted octanol–water partition coefficient (Wildman–Crippen LogP) is 5.97. The minimum atomic E-state index is -0.955. The summed E-state index contributed by atoms with van der Waals surface area (Å²) in [6, 6.07) is 0. The largest absolute Gasteiger partial charge is 0.478 e. The van der Waals surface area contributed by atoms with Gasteiger partial charge >= 0.3 is 5.97 Å². The van der Waals surface area contributed by atoms with Crippen LogP contribution in [0, 0.1) is 0 Å². The van der Waals surface area contributed by atoms with Crippen molar-refractivity contribution in [1.29, 1.82) is 0 Å². The summed E-state index contributed by atoms with van der Waals surface area (Å²) >= 11 is 0. The van der Waals surface area contributed by atoms with Gasteiger partial charge in [-0.15, -0.1) is 0 Å². The number of carboxylic acid groups (broad SMARTS) is 1. The summed E-state index contributed by atoms with van der Waals surface area (Å²) in [6.45, 7) is 2.25. The number of rotatable bonds is 16. The first-order valence-electron chi connectivity index (χ1n) is 9.76. The number of aliphatic hydroxyl groups excluding tert-OH is 1. The smallest absolute Gasteiger partial charge is 0.328 e. The zero-order valence-corrected chi connectivity index (χ0v) is 15.8.